The molecule has 116 valence electrons. The van der Waals surface area contributed by atoms with Crippen molar-refractivity contribution in [2.24, 2.45) is 0 Å². The van der Waals surface area contributed by atoms with Crippen LogP contribution in [-0.2, 0) is 9.59 Å². The van der Waals surface area contributed by atoms with Crippen LogP contribution in [-0.4, -0.2) is 39.9 Å². The Bertz CT molecular complexity index is 706. The predicted molar refractivity (Wildman–Crippen MR) is 76.3 cm³/mol. The molecule has 0 saturated carbocycles. The molecule has 0 bridgehead atoms. The minimum atomic E-state index is -0.832. The van der Waals surface area contributed by atoms with Gasteiger partial charge in [-0.25, -0.2) is 4.39 Å². The number of imide groups is 1. The number of benzene rings is 1. The molecule has 2 N–H and O–H groups in total. The second kappa shape index (κ2) is 6.20. The van der Waals surface area contributed by atoms with Gasteiger partial charge in [-0.2, -0.15) is 0 Å². The van der Waals surface area contributed by atoms with Gasteiger partial charge in [-0.3, -0.25) is 24.6 Å². The number of hydrogen-bond acceptors (Lipinski definition) is 6. The molecule has 0 aliphatic carbocycles. The van der Waals surface area contributed by atoms with Crippen molar-refractivity contribution < 1.29 is 24.0 Å². The summed E-state index contributed by atoms with van der Waals surface area (Å²) in [6.45, 7) is -0.588. The lowest BCUT2D eigenvalue weighted by Gasteiger charge is -2.13. The second-order valence-corrected chi connectivity index (χ2v) is 5.10. The number of aliphatic hydroxyl groups is 1. The Balaban J connectivity index is 2.34. The quantitative estimate of drug-likeness (QED) is 0.454. The monoisotopic (exact) mass is 373 g/mol. The molecule has 1 aromatic rings. The first-order valence-corrected chi connectivity index (χ1v) is 6.73. The maximum absolute atomic E-state index is 13.4. The molecule has 22 heavy (non-hydrogen) atoms. The number of β-amino-alcohol motifs (C(OH)–C–C–N with tert-alkyl or cyclic N) is 1. The Labute approximate surface area is 131 Å². The first kappa shape index (κ1) is 16.0. The third-order valence-corrected chi connectivity index (χ3v) is 3.45. The number of carbonyl (C=O) groups is 2. The van der Waals surface area contributed by atoms with Gasteiger partial charge < -0.3 is 10.4 Å². The van der Waals surface area contributed by atoms with Crippen LogP contribution in [0.2, 0.25) is 0 Å². The van der Waals surface area contributed by atoms with Crippen molar-refractivity contribution >= 4 is 39.1 Å². The minimum Gasteiger partial charge on any atom is -0.395 e. The maximum Gasteiger partial charge on any atom is 0.295 e. The van der Waals surface area contributed by atoms with Crippen molar-refractivity contribution in [3.05, 3.63) is 44.3 Å². The maximum atomic E-state index is 13.4. The van der Waals surface area contributed by atoms with Crippen LogP contribution >= 0.6 is 15.9 Å². The fourth-order valence-electron chi connectivity index (χ4n) is 1.84. The molecule has 1 heterocycles. The average molecular weight is 374 g/mol. The first-order chi connectivity index (χ1) is 10.3. The SMILES string of the molecule is O=C1C=C(Nc2cc(Br)c(F)cc2[N+](=O)[O-])C(=O)N1CCO. The van der Waals surface area contributed by atoms with Crippen LogP contribution < -0.4 is 5.32 Å². The number of carbonyl (C=O) groups excluding carboxylic acids is 2. The summed E-state index contributed by atoms with van der Waals surface area (Å²) in [4.78, 5) is 34.5. The number of nitro benzene ring substituents is 1. The van der Waals surface area contributed by atoms with E-state index in [1.807, 2.05) is 0 Å². The molecule has 0 fully saturated rings. The average Bonchev–Trinajstić information content (AvgIpc) is 2.70. The van der Waals surface area contributed by atoms with Crippen LogP contribution in [0.25, 0.3) is 0 Å². The van der Waals surface area contributed by atoms with Gasteiger partial charge in [-0.15, -0.1) is 0 Å². The van der Waals surface area contributed by atoms with Crippen LogP contribution in [0.3, 0.4) is 0 Å². The highest BCUT2D eigenvalue weighted by Crippen LogP contribution is 2.32. The zero-order valence-corrected chi connectivity index (χ0v) is 12.5. The lowest BCUT2D eigenvalue weighted by Crippen LogP contribution is -2.34. The van der Waals surface area contributed by atoms with Crippen molar-refractivity contribution in [1.82, 2.24) is 4.90 Å². The van der Waals surface area contributed by atoms with E-state index in [9.17, 15) is 24.1 Å². The van der Waals surface area contributed by atoms with E-state index in [4.69, 9.17) is 5.11 Å². The Kier molecular flexibility index (Phi) is 4.52. The largest absolute Gasteiger partial charge is 0.395 e. The van der Waals surface area contributed by atoms with Gasteiger partial charge in [0.1, 0.15) is 17.2 Å². The molecule has 0 aromatic heterocycles. The minimum absolute atomic E-state index is 0.0369. The van der Waals surface area contributed by atoms with Gasteiger partial charge in [0.25, 0.3) is 17.5 Å². The number of nitrogens with zero attached hydrogens (tertiary/aromatic N) is 2. The Morgan fingerprint density at radius 3 is 2.68 bits per heavy atom. The van der Waals surface area contributed by atoms with Gasteiger partial charge in [0.05, 0.1) is 28.6 Å². The molecule has 0 atom stereocenters. The number of amides is 2. The Hall–Kier alpha value is -2.33. The van der Waals surface area contributed by atoms with E-state index in [0.717, 1.165) is 17.0 Å². The molecule has 10 heteroatoms. The standard InChI is InChI=1S/C12H9BrFN3O5/c13-6-3-8(10(17(21)22)4-7(6)14)15-9-5-11(19)16(1-2-18)12(9)20/h3-5,15,18H,1-2H2. The predicted octanol–water partition coefficient (Wildman–Crippen LogP) is 1.15. The van der Waals surface area contributed by atoms with Gasteiger partial charge in [0.2, 0.25) is 0 Å². The number of hydrogen-bond donors (Lipinski definition) is 2. The Morgan fingerprint density at radius 2 is 2.09 bits per heavy atom. The molecule has 1 aliphatic heterocycles. The van der Waals surface area contributed by atoms with Crippen LogP contribution in [0, 0.1) is 15.9 Å². The molecule has 0 saturated heterocycles. The molecule has 1 aromatic carbocycles. The fourth-order valence-corrected chi connectivity index (χ4v) is 2.19. The smallest absolute Gasteiger partial charge is 0.295 e. The molecular formula is C12H9BrFN3O5. The molecule has 2 rings (SSSR count). The van der Waals surface area contributed by atoms with E-state index in [1.165, 1.54) is 0 Å². The summed E-state index contributed by atoms with van der Waals surface area (Å²) in [5, 5.41) is 22.2. The zero-order chi connectivity index (χ0) is 16.4. The third-order valence-electron chi connectivity index (χ3n) is 2.84. The van der Waals surface area contributed by atoms with Crippen molar-refractivity contribution in [1.29, 1.82) is 0 Å². The van der Waals surface area contributed by atoms with Gasteiger partial charge in [-0.1, -0.05) is 0 Å². The van der Waals surface area contributed by atoms with Crippen molar-refractivity contribution in [2.45, 2.75) is 0 Å². The topological polar surface area (TPSA) is 113 Å². The molecular weight excluding hydrogens is 365 g/mol. The summed E-state index contributed by atoms with van der Waals surface area (Å²) in [6.07, 6.45) is 0.957. The van der Waals surface area contributed by atoms with Crippen LogP contribution in [0.1, 0.15) is 0 Å². The van der Waals surface area contributed by atoms with Crippen molar-refractivity contribution in [3.8, 4) is 0 Å². The fraction of sp³-hybridized carbons (Fsp3) is 0.167. The van der Waals surface area contributed by atoms with E-state index in [2.05, 4.69) is 21.2 Å². The van der Waals surface area contributed by atoms with Gasteiger partial charge in [0.15, 0.2) is 0 Å². The lowest BCUT2D eigenvalue weighted by atomic mass is 10.2. The van der Waals surface area contributed by atoms with Gasteiger partial charge in [0, 0.05) is 6.08 Å². The highest BCUT2D eigenvalue weighted by molar-refractivity contribution is 9.10. The van der Waals surface area contributed by atoms with E-state index >= 15 is 0 Å². The molecule has 1 aliphatic rings. The van der Waals surface area contributed by atoms with E-state index < -0.39 is 34.8 Å². The Morgan fingerprint density at radius 1 is 1.41 bits per heavy atom. The summed E-state index contributed by atoms with van der Waals surface area (Å²) in [7, 11) is 0. The second-order valence-electron chi connectivity index (χ2n) is 4.24. The molecule has 0 unspecified atom stereocenters. The van der Waals surface area contributed by atoms with Crippen molar-refractivity contribution in [3.63, 3.8) is 0 Å². The number of nitro groups is 1. The normalized spacial score (nSPS) is 14.3. The number of halogens is 2. The highest BCUT2D eigenvalue weighted by Gasteiger charge is 2.32. The summed E-state index contributed by atoms with van der Waals surface area (Å²) in [6, 6.07) is 1.79. The summed E-state index contributed by atoms with van der Waals surface area (Å²) in [5.41, 5.74) is -0.918. The highest BCUT2D eigenvalue weighted by atomic mass is 79.9. The molecule has 0 radical (unpaired) electrons. The molecule has 0 spiro atoms. The van der Waals surface area contributed by atoms with E-state index in [1.54, 1.807) is 0 Å². The molecule has 8 nitrogen and oxygen atoms in total. The van der Waals surface area contributed by atoms with Crippen LogP contribution in [0.4, 0.5) is 15.8 Å². The van der Waals surface area contributed by atoms with Gasteiger partial charge >= 0.3 is 0 Å². The first-order valence-electron chi connectivity index (χ1n) is 5.94. The third kappa shape index (κ3) is 2.97. The molecule has 2 amide bonds. The number of rotatable bonds is 5. The van der Waals surface area contributed by atoms with Crippen LogP contribution in [0.5, 0.6) is 0 Å². The summed E-state index contributed by atoms with van der Waals surface area (Å²) < 4.78 is 13.3. The van der Waals surface area contributed by atoms with E-state index in [-0.39, 0.29) is 22.4 Å². The van der Waals surface area contributed by atoms with E-state index in [0.29, 0.717) is 6.07 Å². The lowest BCUT2D eigenvalue weighted by molar-refractivity contribution is -0.384. The zero-order valence-electron chi connectivity index (χ0n) is 10.9. The number of aliphatic hydroxyl groups excluding tert-OH is 1. The number of nitrogens with one attached hydrogen (secondary N) is 1. The van der Waals surface area contributed by atoms with Crippen molar-refractivity contribution in [2.75, 3.05) is 18.5 Å². The summed E-state index contributed by atoms with van der Waals surface area (Å²) >= 11 is 2.89. The summed E-state index contributed by atoms with van der Waals surface area (Å²) in [5.74, 6) is -2.21. The van der Waals surface area contributed by atoms with Gasteiger partial charge in [-0.05, 0) is 22.0 Å². The van der Waals surface area contributed by atoms with Crippen LogP contribution in [0.15, 0.2) is 28.4 Å². The number of anilines is 1.